The average molecular weight is 297 g/mol. The first-order chi connectivity index (χ1) is 9.00. The van der Waals surface area contributed by atoms with Gasteiger partial charge >= 0.3 is 23.9 Å². The van der Waals surface area contributed by atoms with Crippen LogP contribution in [0.1, 0.15) is 12.8 Å². The molecule has 0 unspecified atom stereocenters. The molecule has 3 atom stereocenters. The fourth-order valence-corrected chi connectivity index (χ4v) is 0.673. The highest BCUT2D eigenvalue weighted by molar-refractivity contribution is 5.83. The Morgan fingerprint density at radius 1 is 0.800 bits per heavy atom. The van der Waals surface area contributed by atoms with E-state index in [9.17, 15) is 19.2 Å². The van der Waals surface area contributed by atoms with Crippen LogP contribution in [0, 0.1) is 0 Å². The van der Waals surface area contributed by atoms with Crippen LogP contribution >= 0.6 is 0 Å². The summed E-state index contributed by atoms with van der Waals surface area (Å²) in [6.45, 7) is 0. The molecule has 0 aliphatic rings. The lowest BCUT2D eigenvalue weighted by molar-refractivity contribution is -0.165. The third-order valence-corrected chi connectivity index (χ3v) is 1.79. The maximum absolute atomic E-state index is 9.99. The number of aliphatic hydroxyl groups excluding tert-OH is 2. The lowest BCUT2D eigenvalue weighted by Crippen LogP contribution is -2.39. The molecule has 0 saturated carbocycles. The molecule has 20 heavy (non-hydrogen) atoms. The van der Waals surface area contributed by atoms with E-state index in [1.165, 1.54) is 0 Å². The second-order valence-corrected chi connectivity index (χ2v) is 3.44. The molecule has 0 aromatic rings. The molecule has 0 fully saturated rings. The summed E-state index contributed by atoms with van der Waals surface area (Å²) in [4.78, 5) is 39.4. The summed E-state index contributed by atoms with van der Waals surface area (Å²) >= 11 is 0. The molecule has 116 valence electrons. The Morgan fingerprint density at radius 2 is 1.15 bits per heavy atom. The predicted molar refractivity (Wildman–Crippen MR) is 59.8 cm³/mol. The Morgan fingerprint density at radius 3 is 1.35 bits per heavy atom. The molecule has 0 aliphatic carbocycles. The van der Waals surface area contributed by atoms with Gasteiger partial charge in [-0.3, -0.25) is 9.59 Å². The summed E-state index contributed by atoms with van der Waals surface area (Å²) in [5.41, 5.74) is 5.00. The van der Waals surface area contributed by atoms with Gasteiger partial charge in [-0.25, -0.2) is 9.59 Å². The lowest BCUT2D eigenvalue weighted by Gasteiger charge is -2.07. The predicted octanol–water partition coefficient (Wildman–Crippen LogP) is -2.86. The number of hydrogen-bond donors (Lipinski definition) is 7. The van der Waals surface area contributed by atoms with Crippen molar-refractivity contribution in [2.45, 2.75) is 31.1 Å². The van der Waals surface area contributed by atoms with Gasteiger partial charge in [0.2, 0.25) is 0 Å². The normalized spacial score (nSPS) is 14.2. The van der Waals surface area contributed by atoms with Crippen molar-refractivity contribution < 1.29 is 49.8 Å². The van der Waals surface area contributed by atoms with Crippen LogP contribution in [0.25, 0.3) is 0 Å². The zero-order chi connectivity index (χ0) is 16.5. The largest absolute Gasteiger partial charge is 0.481 e. The smallest absolute Gasteiger partial charge is 0.335 e. The van der Waals surface area contributed by atoms with Crippen molar-refractivity contribution in [3.05, 3.63) is 0 Å². The Kier molecular flexibility index (Phi) is 9.70. The van der Waals surface area contributed by atoms with Gasteiger partial charge in [0.15, 0.2) is 12.2 Å². The van der Waals surface area contributed by atoms with Gasteiger partial charge in [-0.15, -0.1) is 0 Å². The maximum atomic E-state index is 9.99. The average Bonchev–Trinajstić information content (AvgIpc) is 2.34. The van der Waals surface area contributed by atoms with Crippen molar-refractivity contribution in [2.24, 2.45) is 5.73 Å². The molecule has 0 aliphatic heterocycles. The number of carbonyl (C=O) groups is 4. The monoisotopic (exact) mass is 297 g/mol. The number of aliphatic hydroxyl groups is 2. The Bertz CT molecular complexity index is 350. The standard InChI is InChI=1S/C5H9NO4.C4H6O6/c6-3(5(9)10)1-2-4(7)8;5-1(3(7)8)2(6)4(9)10/h3H,1-2,6H2,(H,7,8)(H,9,10);1-2,5-6H,(H,7,8)(H,9,10)/t3-;1-,2-/m10/s1. The minimum atomic E-state index is -2.27. The van der Waals surface area contributed by atoms with Crippen LogP contribution in [-0.2, 0) is 19.2 Å². The van der Waals surface area contributed by atoms with Gasteiger partial charge in [0.1, 0.15) is 6.04 Å². The third kappa shape index (κ3) is 9.76. The van der Waals surface area contributed by atoms with Crippen molar-refractivity contribution in [1.82, 2.24) is 0 Å². The van der Waals surface area contributed by atoms with Crippen LogP contribution in [0.5, 0.6) is 0 Å². The van der Waals surface area contributed by atoms with E-state index in [0.29, 0.717) is 0 Å². The topological polar surface area (TPSA) is 216 Å². The number of carboxylic acid groups (broad SMARTS) is 4. The van der Waals surface area contributed by atoms with E-state index in [4.69, 9.17) is 36.4 Å². The quantitative estimate of drug-likeness (QED) is 0.253. The minimum Gasteiger partial charge on any atom is -0.481 e. The number of aliphatic carboxylic acids is 4. The Balaban J connectivity index is 0. The van der Waals surface area contributed by atoms with E-state index >= 15 is 0 Å². The van der Waals surface area contributed by atoms with E-state index in [2.05, 4.69) is 0 Å². The summed E-state index contributed by atoms with van der Waals surface area (Å²) in [6, 6.07) is -1.06. The van der Waals surface area contributed by atoms with Crippen LogP contribution in [0.4, 0.5) is 0 Å². The number of nitrogens with two attached hydrogens (primary N) is 1. The van der Waals surface area contributed by atoms with Crippen molar-refractivity contribution in [3.63, 3.8) is 0 Å². The van der Waals surface area contributed by atoms with Crippen molar-refractivity contribution in [3.8, 4) is 0 Å². The van der Waals surface area contributed by atoms with E-state index in [0.717, 1.165) is 0 Å². The molecule has 0 radical (unpaired) electrons. The van der Waals surface area contributed by atoms with E-state index in [1.54, 1.807) is 0 Å². The Hall–Kier alpha value is -2.24. The second kappa shape index (κ2) is 9.66. The van der Waals surface area contributed by atoms with Crippen LogP contribution in [0.2, 0.25) is 0 Å². The summed E-state index contributed by atoms with van der Waals surface area (Å²) in [5.74, 6) is -5.73. The first kappa shape index (κ1) is 20.1. The molecular formula is C9H15NO10. The molecule has 0 saturated heterocycles. The van der Waals surface area contributed by atoms with Crippen LogP contribution in [0.3, 0.4) is 0 Å². The SMILES string of the molecule is N[C@H](CCC(=O)O)C(=O)O.O=C(O)[C@@H](O)[C@H](O)C(=O)O. The summed E-state index contributed by atoms with van der Waals surface area (Å²) in [6.07, 6.45) is -4.76. The van der Waals surface area contributed by atoms with Crippen LogP contribution in [-0.4, -0.2) is 72.8 Å². The van der Waals surface area contributed by atoms with E-state index in [-0.39, 0.29) is 12.8 Å². The van der Waals surface area contributed by atoms with Gasteiger partial charge in [0, 0.05) is 6.42 Å². The van der Waals surface area contributed by atoms with E-state index < -0.39 is 42.1 Å². The van der Waals surface area contributed by atoms with Gasteiger partial charge in [0.05, 0.1) is 0 Å². The minimum absolute atomic E-state index is 0.0231. The summed E-state index contributed by atoms with van der Waals surface area (Å²) in [5, 5.41) is 48.8. The van der Waals surface area contributed by atoms with Gasteiger partial charge in [-0.1, -0.05) is 0 Å². The molecule has 0 aromatic carbocycles. The highest BCUT2D eigenvalue weighted by Crippen LogP contribution is 1.93. The van der Waals surface area contributed by atoms with Gasteiger partial charge in [0.25, 0.3) is 0 Å². The van der Waals surface area contributed by atoms with Crippen molar-refractivity contribution in [1.29, 1.82) is 0 Å². The highest BCUT2D eigenvalue weighted by atomic mass is 16.4. The van der Waals surface area contributed by atoms with Crippen LogP contribution in [0.15, 0.2) is 0 Å². The van der Waals surface area contributed by atoms with E-state index in [1.807, 2.05) is 0 Å². The van der Waals surface area contributed by atoms with Gasteiger partial charge in [-0.2, -0.15) is 0 Å². The fourth-order valence-electron chi connectivity index (χ4n) is 0.673. The second-order valence-electron chi connectivity index (χ2n) is 3.44. The first-order valence-electron chi connectivity index (χ1n) is 5.02. The molecule has 8 N–H and O–H groups in total. The zero-order valence-corrected chi connectivity index (χ0v) is 10.0. The molecular weight excluding hydrogens is 282 g/mol. The van der Waals surface area contributed by atoms with Crippen LogP contribution < -0.4 is 5.73 Å². The summed E-state index contributed by atoms with van der Waals surface area (Å²) < 4.78 is 0. The highest BCUT2D eigenvalue weighted by Gasteiger charge is 2.29. The molecule has 0 rings (SSSR count). The molecule has 0 spiro atoms. The Labute approximate surface area is 111 Å². The molecule has 0 heterocycles. The van der Waals surface area contributed by atoms with Crippen molar-refractivity contribution in [2.75, 3.05) is 0 Å². The molecule has 11 nitrogen and oxygen atoms in total. The third-order valence-electron chi connectivity index (χ3n) is 1.79. The number of carboxylic acids is 4. The number of rotatable bonds is 7. The van der Waals surface area contributed by atoms with Crippen molar-refractivity contribution >= 4 is 23.9 Å². The van der Waals surface area contributed by atoms with Gasteiger partial charge in [-0.05, 0) is 6.42 Å². The fraction of sp³-hybridized carbons (Fsp3) is 0.556. The number of hydrogen-bond acceptors (Lipinski definition) is 7. The summed E-state index contributed by atoms with van der Waals surface area (Å²) in [7, 11) is 0. The first-order valence-corrected chi connectivity index (χ1v) is 5.02. The van der Waals surface area contributed by atoms with Gasteiger partial charge < -0.3 is 36.4 Å². The molecule has 0 bridgehead atoms. The molecule has 0 aromatic heterocycles. The zero-order valence-electron chi connectivity index (χ0n) is 10.0. The molecule has 11 heteroatoms. The molecule has 0 amide bonds. The maximum Gasteiger partial charge on any atom is 0.335 e. The lowest BCUT2D eigenvalue weighted by atomic mass is 10.2.